The van der Waals surface area contributed by atoms with Crippen LogP contribution in [-0.2, 0) is 9.47 Å². The van der Waals surface area contributed by atoms with E-state index in [1.165, 1.54) is 32.1 Å². The summed E-state index contributed by atoms with van der Waals surface area (Å²) in [4.78, 5) is 0. The van der Waals surface area contributed by atoms with Crippen molar-refractivity contribution in [3.8, 4) is 0 Å². The second kappa shape index (κ2) is 4.40. The van der Waals surface area contributed by atoms with E-state index in [0.29, 0.717) is 6.04 Å². The molecule has 3 nitrogen and oxygen atoms in total. The molecule has 3 heteroatoms. The van der Waals surface area contributed by atoms with Crippen LogP contribution in [0.2, 0.25) is 0 Å². The van der Waals surface area contributed by atoms with Gasteiger partial charge in [0, 0.05) is 0 Å². The zero-order valence-corrected chi connectivity index (χ0v) is 9.28. The first-order valence-corrected chi connectivity index (χ1v) is 6.42. The summed E-state index contributed by atoms with van der Waals surface area (Å²) in [6, 6.07) is 0.464. The molecule has 2 aliphatic heterocycles. The minimum atomic E-state index is 0.0379. The van der Waals surface area contributed by atoms with E-state index < -0.39 is 0 Å². The van der Waals surface area contributed by atoms with Crippen molar-refractivity contribution in [1.29, 1.82) is 0 Å². The van der Waals surface area contributed by atoms with Crippen molar-refractivity contribution in [1.82, 2.24) is 5.32 Å². The van der Waals surface area contributed by atoms with Gasteiger partial charge >= 0.3 is 0 Å². The minimum absolute atomic E-state index is 0.0379. The van der Waals surface area contributed by atoms with Gasteiger partial charge in [-0.15, -0.1) is 0 Å². The molecule has 2 saturated heterocycles. The third-order valence-corrected chi connectivity index (χ3v) is 4.27. The molecule has 2 heterocycles. The summed E-state index contributed by atoms with van der Waals surface area (Å²) in [5, 5.41) is 3.61. The lowest BCUT2D eigenvalue weighted by Gasteiger charge is -2.43. The van der Waals surface area contributed by atoms with Crippen LogP contribution < -0.4 is 5.32 Å². The van der Waals surface area contributed by atoms with Crippen LogP contribution in [0, 0.1) is 11.8 Å². The van der Waals surface area contributed by atoms with E-state index in [1.807, 2.05) is 0 Å². The summed E-state index contributed by atoms with van der Waals surface area (Å²) in [6.45, 7) is 2.70. The molecule has 3 unspecified atom stereocenters. The molecule has 0 bridgehead atoms. The summed E-state index contributed by atoms with van der Waals surface area (Å²) in [6.07, 6.45) is 7.01. The molecule has 86 valence electrons. The first kappa shape index (κ1) is 10.1. The van der Waals surface area contributed by atoms with E-state index >= 15 is 0 Å². The van der Waals surface area contributed by atoms with Crippen molar-refractivity contribution in [2.75, 3.05) is 19.8 Å². The van der Waals surface area contributed by atoms with Crippen LogP contribution in [-0.4, -0.2) is 32.1 Å². The Bertz CT molecular complexity index is 214. The summed E-state index contributed by atoms with van der Waals surface area (Å²) in [7, 11) is 0. The van der Waals surface area contributed by atoms with Crippen LogP contribution in [0.5, 0.6) is 0 Å². The number of piperidine rings is 1. The van der Waals surface area contributed by atoms with Crippen LogP contribution in [0.4, 0.5) is 0 Å². The number of ether oxygens (including phenoxy) is 2. The maximum atomic E-state index is 5.66. The highest BCUT2D eigenvalue weighted by atomic mass is 16.7. The standard InChI is InChI=1S/C12H21NO2/c1-2-4-10-9(3-1)5-6-13-11(10)12-14-7-8-15-12/h9-13H,1-8H2. The molecule has 0 spiro atoms. The Hall–Kier alpha value is -0.120. The highest BCUT2D eigenvalue weighted by molar-refractivity contribution is 4.91. The van der Waals surface area contributed by atoms with Crippen molar-refractivity contribution in [3.05, 3.63) is 0 Å². The fourth-order valence-corrected chi connectivity index (χ4v) is 3.54. The monoisotopic (exact) mass is 211 g/mol. The molecule has 3 atom stereocenters. The fraction of sp³-hybridized carbons (Fsp3) is 1.00. The minimum Gasteiger partial charge on any atom is -0.349 e. The average Bonchev–Trinajstić information content (AvgIpc) is 2.82. The molecule has 1 aliphatic carbocycles. The largest absolute Gasteiger partial charge is 0.349 e. The van der Waals surface area contributed by atoms with Crippen molar-refractivity contribution in [3.63, 3.8) is 0 Å². The summed E-state index contributed by atoms with van der Waals surface area (Å²) < 4.78 is 11.3. The second-order valence-corrected chi connectivity index (χ2v) is 5.09. The van der Waals surface area contributed by atoms with Gasteiger partial charge in [-0.25, -0.2) is 0 Å². The maximum Gasteiger partial charge on any atom is 0.173 e. The van der Waals surface area contributed by atoms with Gasteiger partial charge in [0.1, 0.15) is 0 Å². The van der Waals surface area contributed by atoms with Gasteiger partial charge in [0.05, 0.1) is 19.3 Å². The van der Waals surface area contributed by atoms with E-state index in [2.05, 4.69) is 5.32 Å². The first-order chi connectivity index (χ1) is 7.45. The van der Waals surface area contributed by atoms with E-state index in [4.69, 9.17) is 9.47 Å². The highest BCUT2D eigenvalue weighted by Gasteiger charge is 2.40. The van der Waals surface area contributed by atoms with Gasteiger partial charge in [0.25, 0.3) is 0 Å². The Balaban J connectivity index is 1.69. The van der Waals surface area contributed by atoms with Crippen LogP contribution in [0.1, 0.15) is 32.1 Å². The lowest BCUT2D eigenvalue weighted by atomic mass is 9.71. The third-order valence-electron chi connectivity index (χ3n) is 4.27. The smallest absolute Gasteiger partial charge is 0.173 e. The molecule has 1 N–H and O–H groups in total. The molecule has 3 aliphatic rings. The molecule has 0 radical (unpaired) electrons. The Labute approximate surface area is 91.5 Å². The molecular formula is C12H21NO2. The Morgan fingerprint density at radius 3 is 2.60 bits per heavy atom. The Morgan fingerprint density at radius 1 is 0.933 bits per heavy atom. The van der Waals surface area contributed by atoms with Gasteiger partial charge in [-0.2, -0.15) is 0 Å². The van der Waals surface area contributed by atoms with Crippen molar-refractivity contribution in [2.45, 2.75) is 44.4 Å². The van der Waals surface area contributed by atoms with Crippen molar-refractivity contribution >= 4 is 0 Å². The van der Waals surface area contributed by atoms with E-state index in [0.717, 1.165) is 31.6 Å². The molecule has 0 aromatic rings. The molecule has 1 saturated carbocycles. The molecule has 0 amide bonds. The van der Waals surface area contributed by atoms with Gasteiger partial charge in [-0.05, 0) is 31.2 Å². The van der Waals surface area contributed by atoms with Gasteiger partial charge in [-0.3, -0.25) is 0 Å². The molecular weight excluding hydrogens is 190 g/mol. The summed E-state index contributed by atoms with van der Waals surface area (Å²) >= 11 is 0. The van der Waals surface area contributed by atoms with Crippen LogP contribution >= 0.6 is 0 Å². The molecule has 3 rings (SSSR count). The topological polar surface area (TPSA) is 30.5 Å². The van der Waals surface area contributed by atoms with Gasteiger partial charge < -0.3 is 14.8 Å². The van der Waals surface area contributed by atoms with Crippen molar-refractivity contribution in [2.24, 2.45) is 11.8 Å². The average molecular weight is 211 g/mol. The summed E-state index contributed by atoms with van der Waals surface area (Å²) in [5.41, 5.74) is 0. The van der Waals surface area contributed by atoms with Crippen molar-refractivity contribution < 1.29 is 9.47 Å². The number of hydrogen-bond donors (Lipinski definition) is 1. The number of hydrogen-bond acceptors (Lipinski definition) is 3. The predicted molar refractivity (Wildman–Crippen MR) is 57.5 cm³/mol. The lowest BCUT2D eigenvalue weighted by Crippen LogP contribution is -2.53. The first-order valence-electron chi connectivity index (χ1n) is 6.42. The summed E-state index contributed by atoms with van der Waals surface area (Å²) in [5.74, 6) is 1.73. The van der Waals surface area contributed by atoms with Crippen LogP contribution in [0.15, 0.2) is 0 Å². The normalized spacial score (nSPS) is 42.8. The second-order valence-electron chi connectivity index (χ2n) is 5.09. The number of fused-ring (bicyclic) bond motifs is 1. The molecule has 0 aromatic carbocycles. The maximum absolute atomic E-state index is 5.66. The van der Waals surface area contributed by atoms with Crippen LogP contribution in [0.25, 0.3) is 0 Å². The zero-order chi connectivity index (χ0) is 10.1. The number of nitrogens with one attached hydrogen (secondary N) is 1. The predicted octanol–water partition coefficient (Wildman–Crippen LogP) is 1.53. The SMILES string of the molecule is C1CCC2C(C1)CCNC2C1OCCO1. The van der Waals surface area contributed by atoms with Gasteiger partial charge in [0.2, 0.25) is 0 Å². The van der Waals surface area contributed by atoms with Gasteiger partial charge in [0.15, 0.2) is 6.29 Å². The number of rotatable bonds is 1. The molecule has 15 heavy (non-hydrogen) atoms. The molecule has 3 fully saturated rings. The van der Waals surface area contributed by atoms with Crippen LogP contribution in [0.3, 0.4) is 0 Å². The quantitative estimate of drug-likeness (QED) is 0.713. The zero-order valence-electron chi connectivity index (χ0n) is 9.28. The van der Waals surface area contributed by atoms with E-state index in [1.54, 1.807) is 0 Å². The Morgan fingerprint density at radius 2 is 1.73 bits per heavy atom. The Kier molecular flexibility index (Phi) is 2.95. The highest BCUT2D eigenvalue weighted by Crippen LogP contribution is 2.38. The lowest BCUT2D eigenvalue weighted by molar-refractivity contribution is -0.0986. The van der Waals surface area contributed by atoms with Gasteiger partial charge in [-0.1, -0.05) is 19.3 Å². The van der Waals surface area contributed by atoms with E-state index in [9.17, 15) is 0 Å². The van der Waals surface area contributed by atoms with E-state index in [-0.39, 0.29) is 6.29 Å². The molecule has 0 aromatic heterocycles. The third kappa shape index (κ3) is 1.93. The fourth-order valence-electron chi connectivity index (χ4n) is 3.54.